The van der Waals surface area contributed by atoms with Gasteiger partial charge < -0.3 is 15.1 Å². The van der Waals surface area contributed by atoms with Gasteiger partial charge in [-0.2, -0.15) is 0 Å². The summed E-state index contributed by atoms with van der Waals surface area (Å²) in [6, 6.07) is 11.4. The highest BCUT2D eigenvalue weighted by atomic mass is 16.2. The van der Waals surface area contributed by atoms with Gasteiger partial charge in [-0.25, -0.2) is 4.79 Å². The van der Waals surface area contributed by atoms with Crippen LogP contribution in [0.3, 0.4) is 0 Å². The molecule has 1 aromatic rings. The van der Waals surface area contributed by atoms with Gasteiger partial charge in [-0.3, -0.25) is 4.90 Å². The highest BCUT2D eigenvalue weighted by molar-refractivity contribution is 5.74. The Labute approximate surface area is 157 Å². The first-order valence-corrected chi connectivity index (χ1v) is 10.3. The number of hydrogen-bond donors (Lipinski definition) is 1. The Kier molecular flexibility index (Phi) is 5.75. The van der Waals surface area contributed by atoms with E-state index in [9.17, 15) is 4.79 Å². The first-order valence-electron chi connectivity index (χ1n) is 10.3. The van der Waals surface area contributed by atoms with Crippen LogP contribution in [0.4, 0.5) is 4.79 Å². The highest BCUT2D eigenvalue weighted by Crippen LogP contribution is 2.22. The molecule has 2 heterocycles. The van der Waals surface area contributed by atoms with Crippen molar-refractivity contribution in [2.45, 2.75) is 38.3 Å². The summed E-state index contributed by atoms with van der Waals surface area (Å²) in [6.45, 7) is 8.81. The minimum Gasteiger partial charge on any atom is -0.335 e. The molecule has 3 aliphatic rings. The van der Waals surface area contributed by atoms with Gasteiger partial charge in [0, 0.05) is 58.4 Å². The third-order valence-corrected chi connectivity index (χ3v) is 6.04. The number of rotatable bonds is 5. The maximum atomic E-state index is 12.1. The summed E-state index contributed by atoms with van der Waals surface area (Å²) in [5.74, 6) is 0.751. The van der Waals surface area contributed by atoms with Gasteiger partial charge in [-0.15, -0.1) is 0 Å². The summed E-state index contributed by atoms with van der Waals surface area (Å²) in [6.07, 6.45) is 4.64. The van der Waals surface area contributed by atoms with Gasteiger partial charge in [0.1, 0.15) is 0 Å². The molecule has 2 saturated heterocycles. The molecule has 0 spiro atoms. The number of carbonyl (C=O) groups excluding carboxylic acids is 1. The van der Waals surface area contributed by atoms with E-state index in [1.54, 1.807) is 0 Å². The normalized spacial score (nSPS) is 23.2. The van der Waals surface area contributed by atoms with Crippen LogP contribution >= 0.6 is 0 Å². The average molecular weight is 357 g/mol. The molecule has 3 fully saturated rings. The number of hydrogen-bond acceptors (Lipinski definition) is 3. The summed E-state index contributed by atoms with van der Waals surface area (Å²) < 4.78 is 0. The molecule has 1 aromatic carbocycles. The van der Waals surface area contributed by atoms with Crippen LogP contribution in [0.15, 0.2) is 30.3 Å². The van der Waals surface area contributed by atoms with Crippen molar-refractivity contribution in [2.75, 3.05) is 45.8 Å². The number of likely N-dealkylation sites (tertiary alicyclic amines) is 1. The van der Waals surface area contributed by atoms with Crippen LogP contribution in [-0.2, 0) is 6.54 Å². The van der Waals surface area contributed by atoms with E-state index in [0.717, 1.165) is 51.5 Å². The number of urea groups is 1. The Hall–Kier alpha value is -1.59. The van der Waals surface area contributed by atoms with E-state index in [0.29, 0.717) is 6.04 Å². The summed E-state index contributed by atoms with van der Waals surface area (Å²) in [7, 11) is 0. The number of nitrogens with one attached hydrogen (secondary N) is 1. The van der Waals surface area contributed by atoms with Crippen LogP contribution in [0.2, 0.25) is 0 Å². The first-order chi connectivity index (χ1) is 12.8. The van der Waals surface area contributed by atoms with Crippen LogP contribution < -0.4 is 5.32 Å². The molecule has 0 bridgehead atoms. The Balaban J connectivity index is 1.14. The number of amides is 2. The standard InChI is InChI=1S/C21H32N4O/c26-21(22-20-6-7-20)25-10-8-19(9-11-25)17-24-14-12-23(13-15-24)16-18-4-2-1-3-5-18/h1-5,19-20H,6-17H2,(H,22,26). The Morgan fingerprint density at radius 1 is 0.885 bits per heavy atom. The largest absolute Gasteiger partial charge is 0.335 e. The SMILES string of the molecule is O=C(NC1CC1)N1CCC(CN2CCN(Cc3ccccc3)CC2)CC1. The van der Waals surface area contributed by atoms with E-state index in [-0.39, 0.29) is 6.03 Å². The van der Waals surface area contributed by atoms with Gasteiger partial charge in [-0.05, 0) is 37.2 Å². The third kappa shape index (κ3) is 4.98. The Bertz CT molecular complexity index is 573. The Morgan fingerprint density at radius 3 is 2.19 bits per heavy atom. The fourth-order valence-electron chi connectivity index (χ4n) is 4.15. The molecule has 0 radical (unpaired) electrons. The summed E-state index contributed by atoms with van der Waals surface area (Å²) in [5.41, 5.74) is 1.41. The van der Waals surface area contributed by atoms with Gasteiger partial charge in [0.15, 0.2) is 0 Å². The van der Waals surface area contributed by atoms with E-state index in [4.69, 9.17) is 0 Å². The van der Waals surface area contributed by atoms with Crippen LogP contribution in [-0.4, -0.2) is 72.6 Å². The van der Waals surface area contributed by atoms with Crippen molar-refractivity contribution in [3.8, 4) is 0 Å². The molecule has 5 nitrogen and oxygen atoms in total. The molecule has 0 aromatic heterocycles. The lowest BCUT2D eigenvalue weighted by molar-refractivity contribution is 0.0959. The minimum absolute atomic E-state index is 0.167. The average Bonchev–Trinajstić information content (AvgIpc) is 3.49. The monoisotopic (exact) mass is 356 g/mol. The number of benzene rings is 1. The Morgan fingerprint density at radius 2 is 1.54 bits per heavy atom. The molecule has 2 aliphatic heterocycles. The van der Waals surface area contributed by atoms with Crippen molar-refractivity contribution in [1.29, 1.82) is 0 Å². The number of piperazine rings is 1. The fourth-order valence-corrected chi connectivity index (χ4v) is 4.15. The maximum absolute atomic E-state index is 12.1. The zero-order valence-corrected chi connectivity index (χ0v) is 15.8. The van der Waals surface area contributed by atoms with E-state index in [1.165, 1.54) is 38.0 Å². The van der Waals surface area contributed by atoms with E-state index >= 15 is 0 Å². The zero-order chi connectivity index (χ0) is 17.8. The van der Waals surface area contributed by atoms with E-state index in [2.05, 4.69) is 45.4 Å². The lowest BCUT2D eigenvalue weighted by atomic mass is 9.96. The predicted molar refractivity (Wildman–Crippen MR) is 104 cm³/mol. The molecule has 1 aliphatic carbocycles. The second kappa shape index (κ2) is 8.40. The molecule has 26 heavy (non-hydrogen) atoms. The second-order valence-electron chi connectivity index (χ2n) is 8.22. The molecular formula is C21H32N4O. The van der Waals surface area contributed by atoms with Gasteiger partial charge in [-0.1, -0.05) is 30.3 Å². The lowest BCUT2D eigenvalue weighted by Gasteiger charge is -2.39. The third-order valence-electron chi connectivity index (χ3n) is 6.04. The minimum atomic E-state index is 0.167. The highest BCUT2D eigenvalue weighted by Gasteiger charge is 2.29. The van der Waals surface area contributed by atoms with Crippen LogP contribution in [0, 0.1) is 5.92 Å². The molecule has 5 heteroatoms. The summed E-state index contributed by atoms with van der Waals surface area (Å²) >= 11 is 0. The van der Waals surface area contributed by atoms with Crippen molar-refractivity contribution in [1.82, 2.24) is 20.0 Å². The predicted octanol–water partition coefficient (Wildman–Crippen LogP) is 2.39. The summed E-state index contributed by atoms with van der Waals surface area (Å²) in [5, 5.41) is 3.12. The van der Waals surface area contributed by atoms with Gasteiger partial charge in [0.25, 0.3) is 0 Å². The fraction of sp³-hybridized carbons (Fsp3) is 0.667. The van der Waals surface area contributed by atoms with Gasteiger partial charge in [0.05, 0.1) is 0 Å². The first kappa shape index (κ1) is 17.8. The van der Waals surface area contributed by atoms with Crippen LogP contribution in [0.5, 0.6) is 0 Å². The number of piperidine rings is 1. The molecule has 4 rings (SSSR count). The van der Waals surface area contributed by atoms with E-state index in [1.807, 2.05) is 4.90 Å². The topological polar surface area (TPSA) is 38.8 Å². The molecule has 0 unspecified atom stereocenters. The van der Waals surface area contributed by atoms with Gasteiger partial charge >= 0.3 is 6.03 Å². The molecule has 1 saturated carbocycles. The second-order valence-corrected chi connectivity index (χ2v) is 8.22. The number of carbonyl (C=O) groups is 1. The number of nitrogens with zero attached hydrogens (tertiary/aromatic N) is 3. The molecule has 1 N–H and O–H groups in total. The smallest absolute Gasteiger partial charge is 0.317 e. The lowest BCUT2D eigenvalue weighted by Crippen LogP contribution is -2.49. The molecular weight excluding hydrogens is 324 g/mol. The molecule has 0 atom stereocenters. The van der Waals surface area contributed by atoms with Crippen molar-refractivity contribution in [3.05, 3.63) is 35.9 Å². The van der Waals surface area contributed by atoms with Crippen LogP contribution in [0.25, 0.3) is 0 Å². The molecule has 2 amide bonds. The summed E-state index contributed by atoms with van der Waals surface area (Å²) in [4.78, 5) is 19.3. The van der Waals surface area contributed by atoms with Crippen molar-refractivity contribution in [2.24, 2.45) is 5.92 Å². The maximum Gasteiger partial charge on any atom is 0.317 e. The van der Waals surface area contributed by atoms with Crippen LogP contribution in [0.1, 0.15) is 31.2 Å². The van der Waals surface area contributed by atoms with Crippen molar-refractivity contribution in [3.63, 3.8) is 0 Å². The van der Waals surface area contributed by atoms with Gasteiger partial charge in [0.2, 0.25) is 0 Å². The van der Waals surface area contributed by atoms with Crippen molar-refractivity contribution >= 4 is 6.03 Å². The van der Waals surface area contributed by atoms with E-state index < -0.39 is 0 Å². The molecule has 142 valence electrons. The quantitative estimate of drug-likeness (QED) is 0.880. The van der Waals surface area contributed by atoms with Crippen molar-refractivity contribution < 1.29 is 4.79 Å². The zero-order valence-electron chi connectivity index (χ0n) is 15.8.